The average Bonchev–Trinajstić information content (AvgIpc) is 2.66. The highest BCUT2D eigenvalue weighted by molar-refractivity contribution is 6.74. The lowest BCUT2D eigenvalue weighted by Crippen LogP contribution is -2.43. The van der Waals surface area contributed by atoms with E-state index < -0.39 is 8.32 Å². The van der Waals surface area contributed by atoms with E-state index in [1.54, 1.807) is 13.8 Å². The first-order valence-corrected chi connectivity index (χ1v) is 14.8. The van der Waals surface area contributed by atoms with Gasteiger partial charge in [0, 0.05) is 17.2 Å². The number of benzene rings is 2. The third-order valence-electron chi connectivity index (χ3n) is 6.16. The van der Waals surface area contributed by atoms with E-state index in [9.17, 15) is 19.8 Å². The van der Waals surface area contributed by atoms with E-state index in [0.29, 0.717) is 23.1 Å². The van der Waals surface area contributed by atoms with Crippen molar-refractivity contribution in [3.05, 3.63) is 52.1 Å². The molecule has 0 aliphatic heterocycles. The molecule has 0 aliphatic rings. The molecule has 0 aromatic heterocycles. The normalized spacial score (nSPS) is 11.0. The van der Waals surface area contributed by atoms with Gasteiger partial charge in [-0.05, 0) is 81.6 Å². The number of rotatable bonds is 6. The largest absolute Gasteiger partial charge is 0.543 e. The van der Waals surface area contributed by atoms with Crippen LogP contribution in [0.3, 0.4) is 0 Å². The second-order valence-electron chi connectivity index (χ2n) is 10.3. The first kappa shape index (κ1) is 30.0. The average molecular weight is 497 g/mol. The number of Topliss-reactive ketones (excluding diaryl/α,β-unsaturated/α-hetero) is 2. The van der Waals surface area contributed by atoms with Crippen LogP contribution in [-0.2, 0) is 6.42 Å². The Morgan fingerprint density at radius 2 is 1.57 bits per heavy atom. The van der Waals surface area contributed by atoms with Crippen LogP contribution in [0.5, 0.6) is 17.2 Å². The summed E-state index contributed by atoms with van der Waals surface area (Å²) in [6, 6.07) is 6.58. The number of aryl methyl sites for hydroxylation is 2. The molecule has 0 spiro atoms. The van der Waals surface area contributed by atoms with Gasteiger partial charge in [0.1, 0.15) is 17.2 Å². The van der Waals surface area contributed by atoms with Gasteiger partial charge in [-0.15, -0.1) is 5.92 Å². The monoisotopic (exact) mass is 496 g/mol. The van der Waals surface area contributed by atoms with E-state index in [1.807, 2.05) is 26.0 Å². The van der Waals surface area contributed by atoms with E-state index in [1.165, 1.54) is 19.1 Å². The highest BCUT2D eigenvalue weighted by atomic mass is 28.4. The minimum Gasteiger partial charge on any atom is -0.543 e. The molecular weight excluding hydrogens is 456 g/mol. The first-order valence-electron chi connectivity index (χ1n) is 11.9. The minimum absolute atomic E-state index is 0.00375. The first-order chi connectivity index (χ1) is 16.0. The maximum Gasteiger partial charge on any atom is 0.250 e. The lowest BCUT2D eigenvalue weighted by molar-refractivity contribution is 0.100. The SMILES string of the molecule is CC#Cc1cc(O[Si](C)(C)C(C)(C)C)cc(C)c1C(C)=O.CCCc1cc(O)cc(O)c1C(C)=O. The van der Waals surface area contributed by atoms with Crippen LogP contribution >= 0.6 is 0 Å². The molecule has 0 bridgehead atoms. The number of phenols is 2. The molecule has 35 heavy (non-hydrogen) atoms. The predicted octanol–water partition coefficient (Wildman–Crippen LogP) is 7.21. The predicted molar refractivity (Wildman–Crippen MR) is 145 cm³/mol. The topological polar surface area (TPSA) is 83.8 Å². The molecule has 190 valence electrons. The van der Waals surface area contributed by atoms with Crippen molar-refractivity contribution in [3.63, 3.8) is 0 Å². The summed E-state index contributed by atoms with van der Waals surface area (Å²) in [6.45, 7) is 19.7. The van der Waals surface area contributed by atoms with Gasteiger partial charge in [0.2, 0.25) is 8.32 Å². The Morgan fingerprint density at radius 1 is 1.00 bits per heavy atom. The molecule has 5 nitrogen and oxygen atoms in total. The highest BCUT2D eigenvalue weighted by Gasteiger charge is 2.39. The third-order valence-corrected chi connectivity index (χ3v) is 10.5. The fraction of sp³-hybridized carbons (Fsp3) is 0.448. The smallest absolute Gasteiger partial charge is 0.250 e. The molecular formula is C29H40O5Si. The van der Waals surface area contributed by atoms with Gasteiger partial charge in [-0.2, -0.15) is 0 Å². The van der Waals surface area contributed by atoms with E-state index in [-0.39, 0.29) is 28.1 Å². The molecule has 0 aliphatic carbocycles. The minimum atomic E-state index is -1.89. The Bertz CT molecular complexity index is 1140. The van der Waals surface area contributed by atoms with Crippen molar-refractivity contribution in [3.8, 4) is 29.1 Å². The Labute approximate surface area is 211 Å². The Morgan fingerprint density at radius 3 is 2.03 bits per heavy atom. The zero-order valence-electron chi connectivity index (χ0n) is 22.8. The molecule has 0 fully saturated rings. The van der Waals surface area contributed by atoms with E-state index in [4.69, 9.17) is 4.43 Å². The maximum absolute atomic E-state index is 11.8. The quantitative estimate of drug-likeness (QED) is 0.251. The summed E-state index contributed by atoms with van der Waals surface area (Å²) in [5, 5.41) is 18.9. The van der Waals surface area contributed by atoms with Gasteiger partial charge < -0.3 is 14.6 Å². The summed E-state index contributed by atoms with van der Waals surface area (Å²) in [5.74, 6) is 6.46. The summed E-state index contributed by atoms with van der Waals surface area (Å²) < 4.78 is 6.33. The van der Waals surface area contributed by atoms with Crippen molar-refractivity contribution >= 4 is 19.9 Å². The van der Waals surface area contributed by atoms with Gasteiger partial charge in [-0.1, -0.05) is 40.0 Å². The number of phenolic OH excluding ortho intramolecular Hbond substituents is 2. The molecule has 6 heteroatoms. The summed E-state index contributed by atoms with van der Waals surface area (Å²) in [4.78, 5) is 23.0. The van der Waals surface area contributed by atoms with Crippen LogP contribution in [0.15, 0.2) is 24.3 Å². The van der Waals surface area contributed by atoms with E-state index in [0.717, 1.165) is 23.3 Å². The second kappa shape index (κ2) is 12.1. The summed E-state index contributed by atoms with van der Waals surface area (Å²) in [7, 11) is -1.89. The molecule has 0 saturated carbocycles. The number of ketones is 2. The van der Waals surface area contributed by atoms with Crippen molar-refractivity contribution in [2.75, 3.05) is 0 Å². The molecule has 2 rings (SSSR count). The molecule has 0 radical (unpaired) electrons. The molecule has 0 unspecified atom stereocenters. The van der Waals surface area contributed by atoms with E-state index in [2.05, 4.69) is 45.7 Å². The molecule has 2 aromatic rings. The van der Waals surface area contributed by atoms with Crippen LogP contribution in [0, 0.1) is 18.8 Å². The van der Waals surface area contributed by atoms with Gasteiger partial charge in [-0.3, -0.25) is 9.59 Å². The molecule has 0 saturated heterocycles. The second-order valence-corrected chi connectivity index (χ2v) is 15.0. The van der Waals surface area contributed by atoms with Crippen molar-refractivity contribution in [2.24, 2.45) is 0 Å². The number of aromatic hydroxyl groups is 2. The van der Waals surface area contributed by atoms with Gasteiger partial charge in [0.05, 0.1) is 5.56 Å². The van der Waals surface area contributed by atoms with Gasteiger partial charge >= 0.3 is 0 Å². The third kappa shape index (κ3) is 8.00. The van der Waals surface area contributed by atoms with Crippen LogP contribution < -0.4 is 4.43 Å². The fourth-order valence-electron chi connectivity index (χ4n) is 3.50. The lowest BCUT2D eigenvalue weighted by Gasteiger charge is -2.36. The standard InChI is InChI=1S/C18H26O2Si.C11H14O3/c1-9-10-15-12-16(11-13(2)17(15)14(3)19)20-21(7,8)18(4,5)6;1-3-4-8-5-9(13)6-10(14)11(8)7(2)12/h11-12H,1-8H3;5-6,13-14H,3-4H2,1-2H3. The highest BCUT2D eigenvalue weighted by Crippen LogP contribution is 2.38. The number of hydrogen-bond donors (Lipinski definition) is 2. The molecule has 2 aromatic carbocycles. The van der Waals surface area contributed by atoms with Crippen molar-refractivity contribution < 1.29 is 24.2 Å². The Balaban J connectivity index is 0.000000379. The van der Waals surface area contributed by atoms with Crippen molar-refractivity contribution in [2.45, 2.75) is 86.4 Å². The van der Waals surface area contributed by atoms with Gasteiger partial charge in [0.15, 0.2) is 11.6 Å². The number of hydrogen-bond acceptors (Lipinski definition) is 5. The molecule has 0 heterocycles. The summed E-state index contributed by atoms with van der Waals surface area (Å²) in [6.07, 6.45) is 1.54. The van der Waals surface area contributed by atoms with Crippen LogP contribution in [0.25, 0.3) is 0 Å². The van der Waals surface area contributed by atoms with Crippen LogP contribution in [0.2, 0.25) is 18.1 Å². The van der Waals surface area contributed by atoms with E-state index >= 15 is 0 Å². The lowest BCUT2D eigenvalue weighted by atomic mass is 9.98. The fourth-order valence-corrected chi connectivity index (χ4v) is 4.52. The molecule has 2 N–H and O–H groups in total. The maximum atomic E-state index is 11.8. The van der Waals surface area contributed by atoms with Gasteiger partial charge in [0.25, 0.3) is 0 Å². The van der Waals surface area contributed by atoms with Crippen molar-refractivity contribution in [1.29, 1.82) is 0 Å². The zero-order chi connectivity index (χ0) is 27.1. The van der Waals surface area contributed by atoms with Crippen molar-refractivity contribution in [1.82, 2.24) is 0 Å². The van der Waals surface area contributed by atoms with Crippen LogP contribution in [0.1, 0.15) is 92.3 Å². The summed E-state index contributed by atoms with van der Waals surface area (Å²) >= 11 is 0. The number of carbonyl (C=O) groups is 2. The molecule has 0 amide bonds. The number of carbonyl (C=O) groups excluding carboxylic acids is 2. The van der Waals surface area contributed by atoms with Crippen LogP contribution in [-0.4, -0.2) is 30.1 Å². The summed E-state index contributed by atoms with van der Waals surface area (Å²) in [5.41, 5.74) is 3.42. The van der Waals surface area contributed by atoms with Crippen LogP contribution in [0.4, 0.5) is 0 Å². The Kier molecular flexibility index (Phi) is 10.3. The Hall–Kier alpha value is -3.04. The zero-order valence-corrected chi connectivity index (χ0v) is 23.8. The van der Waals surface area contributed by atoms with Gasteiger partial charge in [-0.25, -0.2) is 0 Å². The molecule has 0 atom stereocenters.